The Hall–Kier alpha value is -1.07. The number of rotatable bonds is 4. The first-order valence-corrected chi connectivity index (χ1v) is 3.74. The van der Waals surface area contributed by atoms with E-state index in [0.29, 0.717) is 13.2 Å². The van der Waals surface area contributed by atoms with Crippen LogP contribution in [0, 0.1) is 0 Å². The van der Waals surface area contributed by atoms with Gasteiger partial charge in [0.1, 0.15) is 0 Å². The fourth-order valence-corrected chi connectivity index (χ4v) is 1.07. The Labute approximate surface area is 70.1 Å². The van der Waals surface area contributed by atoms with Crippen LogP contribution in [0.3, 0.4) is 0 Å². The van der Waals surface area contributed by atoms with Gasteiger partial charge in [0.05, 0.1) is 12.6 Å². The topological polar surface area (TPSA) is 73.0 Å². The Morgan fingerprint density at radius 3 is 3.00 bits per heavy atom. The highest BCUT2D eigenvalue weighted by Crippen LogP contribution is 1.99. The van der Waals surface area contributed by atoms with Gasteiger partial charge in [0, 0.05) is 26.0 Å². The second-order valence-corrected chi connectivity index (χ2v) is 2.52. The molecule has 5 nitrogen and oxygen atoms in total. The third-order valence-electron chi connectivity index (χ3n) is 1.70. The van der Waals surface area contributed by atoms with Gasteiger partial charge in [-0.1, -0.05) is 0 Å². The number of nitrogens with two attached hydrogens (primary N) is 1. The Morgan fingerprint density at radius 1 is 1.83 bits per heavy atom. The largest absolute Gasteiger partial charge is 0.382 e. The minimum absolute atomic E-state index is 0.0752. The molecule has 0 aliphatic rings. The Bertz CT molecular complexity index is 278. The average Bonchev–Trinajstić information content (AvgIpc) is 2.47. The molecule has 1 aromatic rings. The first kappa shape index (κ1) is 9.02. The van der Waals surface area contributed by atoms with Gasteiger partial charge in [-0.15, -0.1) is 0 Å². The molecule has 0 spiro atoms. The first-order chi connectivity index (χ1) is 5.79. The zero-order valence-electron chi connectivity index (χ0n) is 6.99. The molecule has 0 aromatic carbocycles. The molecule has 1 heterocycles. The summed E-state index contributed by atoms with van der Waals surface area (Å²) in [6.45, 7) is 0.847. The Kier molecular flexibility index (Phi) is 3.07. The van der Waals surface area contributed by atoms with Crippen LogP contribution in [0.25, 0.3) is 0 Å². The number of ether oxygens (including phenoxy) is 1. The molecular formula is C7H13N3O2. The van der Waals surface area contributed by atoms with Crippen LogP contribution < -0.4 is 11.4 Å². The number of nitrogens with one attached hydrogen (secondary N) is 1. The summed E-state index contributed by atoms with van der Waals surface area (Å²) in [6.07, 6.45) is 3.25. The van der Waals surface area contributed by atoms with E-state index in [9.17, 15) is 4.79 Å². The van der Waals surface area contributed by atoms with Gasteiger partial charge in [-0.25, -0.2) is 4.79 Å². The molecule has 3 N–H and O–H groups in total. The SMILES string of the molecule is COCC(CN)n1cc[nH]c1=O. The summed E-state index contributed by atoms with van der Waals surface area (Å²) in [5, 5.41) is 0. The van der Waals surface area contributed by atoms with Crippen LogP contribution in [-0.4, -0.2) is 29.8 Å². The number of aromatic amines is 1. The number of hydrogen-bond donors (Lipinski definition) is 2. The highest BCUT2D eigenvalue weighted by molar-refractivity contribution is 4.81. The summed E-state index contributed by atoms with van der Waals surface area (Å²) in [4.78, 5) is 13.6. The van der Waals surface area contributed by atoms with Crippen LogP contribution in [-0.2, 0) is 4.74 Å². The fourth-order valence-electron chi connectivity index (χ4n) is 1.07. The normalized spacial score (nSPS) is 13.2. The van der Waals surface area contributed by atoms with E-state index in [1.165, 1.54) is 4.57 Å². The number of hydrogen-bond acceptors (Lipinski definition) is 3. The lowest BCUT2D eigenvalue weighted by Crippen LogP contribution is -2.30. The van der Waals surface area contributed by atoms with Gasteiger partial charge in [0.15, 0.2) is 0 Å². The number of H-pyrrole nitrogens is 1. The van der Waals surface area contributed by atoms with E-state index in [-0.39, 0.29) is 11.7 Å². The molecule has 12 heavy (non-hydrogen) atoms. The molecule has 0 amide bonds. The van der Waals surface area contributed by atoms with Crippen molar-refractivity contribution in [1.29, 1.82) is 0 Å². The molecule has 0 fully saturated rings. The van der Waals surface area contributed by atoms with Gasteiger partial charge in [-0.2, -0.15) is 0 Å². The third-order valence-corrected chi connectivity index (χ3v) is 1.70. The fraction of sp³-hybridized carbons (Fsp3) is 0.571. The number of aromatic nitrogens is 2. The second-order valence-electron chi connectivity index (χ2n) is 2.52. The van der Waals surface area contributed by atoms with E-state index < -0.39 is 0 Å². The number of imidazole rings is 1. The summed E-state index contributed by atoms with van der Waals surface area (Å²) >= 11 is 0. The van der Waals surface area contributed by atoms with Gasteiger partial charge in [0.25, 0.3) is 0 Å². The second kappa shape index (κ2) is 4.08. The van der Waals surface area contributed by atoms with Crippen LogP contribution in [0.1, 0.15) is 6.04 Å². The maximum absolute atomic E-state index is 11.1. The molecule has 1 rings (SSSR count). The van der Waals surface area contributed by atoms with Crippen molar-refractivity contribution in [2.75, 3.05) is 20.3 Å². The van der Waals surface area contributed by atoms with Crippen molar-refractivity contribution in [3.8, 4) is 0 Å². The highest BCUT2D eigenvalue weighted by Gasteiger charge is 2.09. The predicted molar refractivity (Wildman–Crippen MR) is 45.0 cm³/mol. The Balaban J connectivity index is 2.79. The highest BCUT2D eigenvalue weighted by atomic mass is 16.5. The smallest absolute Gasteiger partial charge is 0.325 e. The van der Waals surface area contributed by atoms with Crippen LogP contribution in [0.2, 0.25) is 0 Å². The maximum atomic E-state index is 11.1. The molecule has 0 saturated carbocycles. The van der Waals surface area contributed by atoms with Gasteiger partial charge < -0.3 is 15.5 Å². The molecule has 0 saturated heterocycles. The van der Waals surface area contributed by atoms with Gasteiger partial charge >= 0.3 is 5.69 Å². The van der Waals surface area contributed by atoms with Gasteiger partial charge in [-0.05, 0) is 0 Å². The lowest BCUT2D eigenvalue weighted by Gasteiger charge is -2.13. The Morgan fingerprint density at radius 2 is 2.58 bits per heavy atom. The average molecular weight is 171 g/mol. The summed E-state index contributed by atoms with van der Waals surface area (Å²) in [5.41, 5.74) is 5.31. The molecule has 0 bridgehead atoms. The van der Waals surface area contributed by atoms with Crippen molar-refractivity contribution in [2.45, 2.75) is 6.04 Å². The van der Waals surface area contributed by atoms with E-state index >= 15 is 0 Å². The quantitative estimate of drug-likeness (QED) is 0.630. The van der Waals surface area contributed by atoms with Crippen molar-refractivity contribution >= 4 is 0 Å². The minimum atomic E-state index is -0.150. The zero-order chi connectivity index (χ0) is 8.97. The molecule has 0 aliphatic heterocycles. The lowest BCUT2D eigenvalue weighted by atomic mass is 10.3. The molecule has 0 radical (unpaired) electrons. The summed E-state index contributed by atoms with van der Waals surface area (Å²) in [6, 6.07) is -0.0752. The molecule has 5 heteroatoms. The van der Waals surface area contributed by atoms with Crippen LogP contribution >= 0.6 is 0 Å². The summed E-state index contributed by atoms with van der Waals surface area (Å²) < 4.78 is 6.45. The summed E-state index contributed by atoms with van der Waals surface area (Å²) in [5.74, 6) is 0. The summed E-state index contributed by atoms with van der Waals surface area (Å²) in [7, 11) is 1.58. The van der Waals surface area contributed by atoms with Crippen molar-refractivity contribution in [2.24, 2.45) is 5.73 Å². The van der Waals surface area contributed by atoms with Gasteiger partial charge in [-0.3, -0.25) is 4.57 Å². The van der Waals surface area contributed by atoms with Crippen molar-refractivity contribution < 1.29 is 4.74 Å². The van der Waals surface area contributed by atoms with E-state index in [1.54, 1.807) is 19.5 Å². The number of methoxy groups -OCH3 is 1. The van der Waals surface area contributed by atoms with Crippen LogP contribution in [0.5, 0.6) is 0 Å². The van der Waals surface area contributed by atoms with Crippen LogP contribution in [0.4, 0.5) is 0 Å². The van der Waals surface area contributed by atoms with E-state index in [2.05, 4.69) is 4.98 Å². The first-order valence-electron chi connectivity index (χ1n) is 3.74. The van der Waals surface area contributed by atoms with E-state index in [4.69, 9.17) is 10.5 Å². The van der Waals surface area contributed by atoms with Crippen molar-refractivity contribution in [3.05, 3.63) is 22.9 Å². The maximum Gasteiger partial charge on any atom is 0.325 e. The molecule has 68 valence electrons. The predicted octanol–water partition coefficient (Wildman–Crippen LogP) is -0.677. The lowest BCUT2D eigenvalue weighted by molar-refractivity contribution is 0.156. The van der Waals surface area contributed by atoms with Crippen molar-refractivity contribution in [1.82, 2.24) is 9.55 Å². The third kappa shape index (κ3) is 1.75. The molecular weight excluding hydrogens is 158 g/mol. The monoisotopic (exact) mass is 171 g/mol. The molecule has 0 aliphatic carbocycles. The standard InChI is InChI=1S/C7H13N3O2/c1-12-5-6(4-8)10-3-2-9-7(10)11/h2-3,6H,4-5,8H2,1H3,(H,9,11). The van der Waals surface area contributed by atoms with Crippen LogP contribution in [0.15, 0.2) is 17.2 Å². The molecule has 1 atom stereocenters. The molecule has 1 unspecified atom stereocenters. The minimum Gasteiger partial charge on any atom is -0.382 e. The molecule has 1 aromatic heterocycles. The van der Waals surface area contributed by atoms with E-state index in [0.717, 1.165) is 0 Å². The van der Waals surface area contributed by atoms with Crippen molar-refractivity contribution in [3.63, 3.8) is 0 Å². The van der Waals surface area contributed by atoms with E-state index in [1.807, 2.05) is 0 Å². The zero-order valence-corrected chi connectivity index (χ0v) is 6.99. The van der Waals surface area contributed by atoms with Gasteiger partial charge in [0.2, 0.25) is 0 Å². The number of nitrogens with zero attached hydrogens (tertiary/aromatic N) is 1.